The average molecular weight is 357 g/mol. The van der Waals surface area contributed by atoms with Crippen molar-refractivity contribution in [2.24, 2.45) is 0 Å². The van der Waals surface area contributed by atoms with Crippen LogP contribution in [0.2, 0.25) is 0 Å². The number of benzene rings is 2. The minimum atomic E-state index is -0.436. The van der Waals surface area contributed by atoms with Crippen LogP contribution < -0.4 is 14.8 Å². The maximum Gasteiger partial charge on any atom is 0.337 e. The summed E-state index contributed by atoms with van der Waals surface area (Å²) < 4.78 is 15.2. The van der Waals surface area contributed by atoms with E-state index in [1.165, 1.54) is 7.11 Å². The summed E-state index contributed by atoms with van der Waals surface area (Å²) in [5.41, 5.74) is 2.04. The molecule has 6 heteroatoms. The molecule has 0 heterocycles. The van der Waals surface area contributed by atoms with E-state index in [1.807, 2.05) is 18.2 Å². The van der Waals surface area contributed by atoms with Gasteiger partial charge in [-0.3, -0.25) is 4.79 Å². The number of rotatable bonds is 8. The van der Waals surface area contributed by atoms with Crippen LogP contribution in [0.25, 0.3) is 0 Å². The summed E-state index contributed by atoms with van der Waals surface area (Å²) in [6.45, 7) is 0. The van der Waals surface area contributed by atoms with E-state index in [2.05, 4.69) is 10.1 Å². The number of carbonyl (C=O) groups is 2. The Balaban J connectivity index is 1.87. The van der Waals surface area contributed by atoms with E-state index >= 15 is 0 Å². The van der Waals surface area contributed by atoms with Crippen LogP contribution in [0.4, 0.5) is 5.69 Å². The summed E-state index contributed by atoms with van der Waals surface area (Å²) >= 11 is 0. The molecule has 0 spiro atoms. The van der Waals surface area contributed by atoms with Crippen molar-refractivity contribution < 1.29 is 23.8 Å². The maximum atomic E-state index is 12.1. The number of nitrogens with one attached hydrogen (secondary N) is 1. The van der Waals surface area contributed by atoms with Gasteiger partial charge in [0.1, 0.15) is 0 Å². The molecule has 0 aliphatic rings. The zero-order valence-corrected chi connectivity index (χ0v) is 15.2. The van der Waals surface area contributed by atoms with Crippen molar-refractivity contribution >= 4 is 17.6 Å². The lowest BCUT2D eigenvalue weighted by molar-refractivity contribution is -0.116. The van der Waals surface area contributed by atoms with Crippen molar-refractivity contribution in [2.75, 3.05) is 26.6 Å². The number of aryl methyl sites for hydroxylation is 1. The highest BCUT2D eigenvalue weighted by Gasteiger charge is 2.09. The van der Waals surface area contributed by atoms with Gasteiger partial charge in [0.25, 0.3) is 0 Å². The van der Waals surface area contributed by atoms with Crippen LogP contribution in [0.1, 0.15) is 28.8 Å². The summed E-state index contributed by atoms with van der Waals surface area (Å²) in [7, 11) is 4.51. The number of ether oxygens (including phenoxy) is 3. The zero-order valence-electron chi connectivity index (χ0n) is 15.2. The molecule has 2 aromatic carbocycles. The molecule has 1 N–H and O–H groups in total. The highest BCUT2D eigenvalue weighted by Crippen LogP contribution is 2.28. The van der Waals surface area contributed by atoms with E-state index in [1.54, 1.807) is 38.5 Å². The van der Waals surface area contributed by atoms with Crippen molar-refractivity contribution in [3.05, 3.63) is 53.6 Å². The smallest absolute Gasteiger partial charge is 0.337 e. The maximum absolute atomic E-state index is 12.1. The minimum absolute atomic E-state index is 0.104. The van der Waals surface area contributed by atoms with Crippen LogP contribution in [-0.4, -0.2) is 33.2 Å². The van der Waals surface area contributed by atoms with E-state index in [-0.39, 0.29) is 5.91 Å². The van der Waals surface area contributed by atoms with Crippen molar-refractivity contribution in [1.29, 1.82) is 0 Å². The molecule has 0 aliphatic heterocycles. The molecular formula is C20H23NO5. The molecule has 0 aromatic heterocycles. The predicted molar refractivity (Wildman–Crippen MR) is 98.9 cm³/mol. The molecule has 138 valence electrons. The predicted octanol–water partition coefficient (Wildman–Crippen LogP) is 3.45. The SMILES string of the molecule is COC(=O)c1cccc(NC(=O)CCCc2ccc(OC)c(OC)c2)c1. The number of hydrogen-bond acceptors (Lipinski definition) is 5. The van der Waals surface area contributed by atoms with Gasteiger partial charge in [-0.25, -0.2) is 4.79 Å². The van der Waals surface area contributed by atoms with Crippen LogP contribution in [0.3, 0.4) is 0 Å². The Hall–Kier alpha value is -3.02. The molecule has 0 unspecified atom stereocenters. The van der Waals surface area contributed by atoms with Gasteiger partial charge in [-0.05, 0) is 48.7 Å². The van der Waals surface area contributed by atoms with Gasteiger partial charge in [-0.1, -0.05) is 12.1 Å². The van der Waals surface area contributed by atoms with Gasteiger partial charge < -0.3 is 19.5 Å². The molecule has 0 saturated carbocycles. The van der Waals surface area contributed by atoms with Gasteiger partial charge in [-0.2, -0.15) is 0 Å². The number of methoxy groups -OCH3 is 3. The van der Waals surface area contributed by atoms with E-state index < -0.39 is 5.97 Å². The van der Waals surface area contributed by atoms with E-state index in [9.17, 15) is 9.59 Å². The zero-order chi connectivity index (χ0) is 18.9. The Labute approximate surface area is 153 Å². The number of esters is 1. The van der Waals surface area contributed by atoms with Crippen molar-refractivity contribution in [2.45, 2.75) is 19.3 Å². The fourth-order valence-electron chi connectivity index (χ4n) is 2.55. The second kappa shape index (κ2) is 9.46. The van der Waals surface area contributed by atoms with Crippen LogP contribution >= 0.6 is 0 Å². The summed E-state index contributed by atoms with van der Waals surface area (Å²) in [4.78, 5) is 23.6. The van der Waals surface area contributed by atoms with Crippen molar-refractivity contribution in [3.8, 4) is 11.5 Å². The Morgan fingerprint density at radius 1 is 0.962 bits per heavy atom. The van der Waals surface area contributed by atoms with Gasteiger partial charge >= 0.3 is 5.97 Å². The lowest BCUT2D eigenvalue weighted by Crippen LogP contribution is -2.12. The molecule has 0 atom stereocenters. The first-order chi connectivity index (χ1) is 12.6. The lowest BCUT2D eigenvalue weighted by atomic mass is 10.1. The fraction of sp³-hybridized carbons (Fsp3) is 0.300. The number of hydrogen-bond donors (Lipinski definition) is 1. The van der Waals surface area contributed by atoms with Gasteiger partial charge in [0.2, 0.25) is 5.91 Å². The lowest BCUT2D eigenvalue weighted by Gasteiger charge is -2.10. The molecule has 2 aromatic rings. The molecule has 26 heavy (non-hydrogen) atoms. The van der Waals surface area contributed by atoms with E-state index in [0.29, 0.717) is 35.6 Å². The van der Waals surface area contributed by atoms with E-state index in [0.717, 1.165) is 12.0 Å². The van der Waals surface area contributed by atoms with Gasteiger partial charge in [0.05, 0.1) is 26.9 Å². The Bertz CT molecular complexity index is 773. The molecule has 2 rings (SSSR count). The summed E-state index contributed by atoms with van der Waals surface area (Å²) in [6, 6.07) is 12.4. The normalized spacial score (nSPS) is 10.1. The quantitative estimate of drug-likeness (QED) is 0.733. The standard InChI is InChI=1S/C20H23NO5/c1-24-17-11-10-14(12-18(17)25-2)6-4-9-19(22)21-16-8-5-7-15(13-16)20(23)26-3/h5,7-8,10-13H,4,6,9H2,1-3H3,(H,21,22). The summed E-state index contributed by atoms with van der Waals surface area (Å²) in [5.74, 6) is 0.815. The van der Waals surface area contributed by atoms with Gasteiger partial charge in [-0.15, -0.1) is 0 Å². The molecule has 6 nitrogen and oxygen atoms in total. The number of carbonyl (C=O) groups excluding carboxylic acids is 2. The first-order valence-corrected chi connectivity index (χ1v) is 8.26. The van der Waals surface area contributed by atoms with E-state index in [4.69, 9.17) is 9.47 Å². The highest BCUT2D eigenvalue weighted by atomic mass is 16.5. The van der Waals surface area contributed by atoms with Crippen LogP contribution in [0.15, 0.2) is 42.5 Å². The largest absolute Gasteiger partial charge is 0.493 e. The fourth-order valence-corrected chi connectivity index (χ4v) is 2.55. The third kappa shape index (κ3) is 5.24. The summed E-state index contributed by atoms with van der Waals surface area (Å²) in [6.07, 6.45) is 1.81. The Morgan fingerprint density at radius 3 is 2.42 bits per heavy atom. The molecule has 0 bridgehead atoms. The average Bonchev–Trinajstić information content (AvgIpc) is 2.67. The first-order valence-electron chi connectivity index (χ1n) is 8.26. The van der Waals surface area contributed by atoms with Gasteiger partial charge in [0.15, 0.2) is 11.5 Å². The monoisotopic (exact) mass is 357 g/mol. The molecule has 1 amide bonds. The van der Waals surface area contributed by atoms with Crippen molar-refractivity contribution in [1.82, 2.24) is 0 Å². The van der Waals surface area contributed by atoms with Crippen molar-refractivity contribution in [3.63, 3.8) is 0 Å². The molecule has 0 radical (unpaired) electrons. The molecule has 0 fully saturated rings. The highest BCUT2D eigenvalue weighted by molar-refractivity contribution is 5.94. The summed E-state index contributed by atoms with van der Waals surface area (Å²) in [5, 5.41) is 2.80. The Morgan fingerprint density at radius 2 is 1.73 bits per heavy atom. The Kier molecular flexibility index (Phi) is 7.02. The van der Waals surface area contributed by atoms with Gasteiger partial charge in [0, 0.05) is 12.1 Å². The molecule has 0 aliphatic carbocycles. The topological polar surface area (TPSA) is 73.9 Å². The molecule has 0 saturated heterocycles. The second-order valence-corrected chi connectivity index (χ2v) is 5.66. The van der Waals surface area contributed by atoms with Crippen LogP contribution in [-0.2, 0) is 16.0 Å². The minimum Gasteiger partial charge on any atom is -0.493 e. The second-order valence-electron chi connectivity index (χ2n) is 5.66. The third-order valence-electron chi connectivity index (χ3n) is 3.88. The first kappa shape index (κ1) is 19.3. The number of anilines is 1. The van der Waals surface area contributed by atoms with Crippen LogP contribution in [0, 0.1) is 0 Å². The van der Waals surface area contributed by atoms with Crippen LogP contribution in [0.5, 0.6) is 11.5 Å². The molecular weight excluding hydrogens is 334 g/mol. The third-order valence-corrected chi connectivity index (χ3v) is 3.88. The number of amides is 1.